The Bertz CT molecular complexity index is 810. The molecular formula is C22H32N4O2. The second kappa shape index (κ2) is 8.62. The number of hydrogen-bond acceptors (Lipinski definition) is 4. The standard InChI is InChI=1S/C22H32N4O2/c1-3-28-18-8-12-25(13-9-18)15-19-21(24-20-7-4-10-23-22(19)20)17-6-5-11-26(14-17)16(2)27/h4,7,10,17-18,24H,3,5-6,8-9,11-15H2,1-2H3/t17-/m1/s1. The summed E-state index contributed by atoms with van der Waals surface area (Å²) in [5.41, 5.74) is 4.80. The van der Waals surface area contributed by atoms with E-state index in [1.165, 1.54) is 11.3 Å². The molecule has 4 heterocycles. The molecule has 28 heavy (non-hydrogen) atoms. The molecule has 0 unspecified atom stereocenters. The number of carbonyl (C=O) groups is 1. The van der Waals surface area contributed by atoms with Gasteiger partial charge in [-0.1, -0.05) is 0 Å². The maximum absolute atomic E-state index is 11.9. The van der Waals surface area contributed by atoms with Crippen molar-refractivity contribution < 1.29 is 9.53 Å². The number of amides is 1. The number of fused-ring (bicyclic) bond motifs is 1. The summed E-state index contributed by atoms with van der Waals surface area (Å²) in [6.07, 6.45) is 6.67. The normalized spacial score (nSPS) is 22.1. The summed E-state index contributed by atoms with van der Waals surface area (Å²) in [5.74, 6) is 0.543. The molecule has 2 saturated heterocycles. The number of piperidine rings is 2. The minimum Gasteiger partial charge on any atom is -0.378 e. The zero-order valence-electron chi connectivity index (χ0n) is 17.1. The van der Waals surface area contributed by atoms with Crippen molar-refractivity contribution in [2.45, 2.75) is 58.1 Å². The van der Waals surface area contributed by atoms with Crippen LogP contribution in [0, 0.1) is 0 Å². The first-order valence-electron chi connectivity index (χ1n) is 10.7. The first-order valence-corrected chi connectivity index (χ1v) is 10.7. The number of ether oxygens (including phenoxy) is 1. The molecule has 2 aromatic heterocycles. The van der Waals surface area contributed by atoms with Gasteiger partial charge in [0.15, 0.2) is 0 Å². The molecule has 0 radical (unpaired) electrons. The molecule has 2 aliphatic rings. The van der Waals surface area contributed by atoms with Crippen LogP contribution >= 0.6 is 0 Å². The fourth-order valence-corrected chi connectivity index (χ4v) is 4.80. The molecular weight excluding hydrogens is 352 g/mol. The maximum atomic E-state index is 11.9. The van der Waals surface area contributed by atoms with E-state index in [0.29, 0.717) is 12.0 Å². The van der Waals surface area contributed by atoms with Gasteiger partial charge >= 0.3 is 0 Å². The molecule has 6 nitrogen and oxygen atoms in total. The van der Waals surface area contributed by atoms with Crippen molar-refractivity contribution in [3.05, 3.63) is 29.6 Å². The van der Waals surface area contributed by atoms with Gasteiger partial charge in [0.05, 0.1) is 17.1 Å². The quantitative estimate of drug-likeness (QED) is 0.859. The topological polar surface area (TPSA) is 61.5 Å². The average molecular weight is 385 g/mol. The number of likely N-dealkylation sites (tertiary alicyclic amines) is 2. The number of hydrogen-bond donors (Lipinski definition) is 1. The second-order valence-corrected chi connectivity index (χ2v) is 8.15. The minimum absolute atomic E-state index is 0.179. The fourth-order valence-electron chi connectivity index (χ4n) is 4.80. The van der Waals surface area contributed by atoms with Gasteiger partial charge in [-0.25, -0.2) is 0 Å². The van der Waals surface area contributed by atoms with E-state index in [4.69, 9.17) is 9.72 Å². The fraction of sp³-hybridized carbons (Fsp3) is 0.636. The Labute approximate surface area is 167 Å². The first-order chi connectivity index (χ1) is 13.7. The van der Waals surface area contributed by atoms with Crippen LogP contribution in [-0.4, -0.2) is 64.6 Å². The lowest BCUT2D eigenvalue weighted by Gasteiger charge is -2.34. The van der Waals surface area contributed by atoms with Crippen LogP contribution in [0.5, 0.6) is 0 Å². The highest BCUT2D eigenvalue weighted by Gasteiger charge is 2.29. The van der Waals surface area contributed by atoms with Gasteiger partial charge in [-0.15, -0.1) is 0 Å². The summed E-state index contributed by atoms with van der Waals surface area (Å²) < 4.78 is 5.81. The number of H-pyrrole nitrogens is 1. The van der Waals surface area contributed by atoms with Gasteiger partial charge in [0.25, 0.3) is 0 Å². The summed E-state index contributed by atoms with van der Waals surface area (Å²) in [5, 5.41) is 0. The highest BCUT2D eigenvalue weighted by molar-refractivity contribution is 5.80. The molecule has 1 amide bonds. The van der Waals surface area contributed by atoms with Gasteiger partial charge in [0.1, 0.15) is 0 Å². The monoisotopic (exact) mass is 384 g/mol. The molecule has 4 rings (SSSR count). The maximum Gasteiger partial charge on any atom is 0.219 e. The lowest BCUT2D eigenvalue weighted by atomic mass is 9.92. The summed E-state index contributed by atoms with van der Waals surface area (Å²) in [6.45, 7) is 9.29. The van der Waals surface area contributed by atoms with Crippen LogP contribution < -0.4 is 0 Å². The zero-order chi connectivity index (χ0) is 19.5. The Morgan fingerprint density at radius 1 is 1.29 bits per heavy atom. The van der Waals surface area contributed by atoms with Crippen LogP contribution in [0.4, 0.5) is 0 Å². The van der Waals surface area contributed by atoms with Crippen LogP contribution in [0.15, 0.2) is 18.3 Å². The van der Waals surface area contributed by atoms with Crippen LogP contribution in [0.25, 0.3) is 11.0 Å². The van der Waals surface area contributed by atoms with E-state index in [2.05, 4.69) is 22.9 Å². The highest BCUT2D eigenvalue weighted by atomic mass is 16.5. The minimum atomic E-state index is 0.179. The lowest BCUT2D eigenvalue weighted by Crippen LogP contribution is -2.39. The predicted octanol–water partition coefficient (Wildman–Crippen LogP) is 3.29. The molecule has 2 fully saturated rings. The number of nitrogens with zero attached hydrogens (tertiary/aromatic N) is 3. The van der Waals surface area contributed by atoms with Crippen molar-refractivity contribution in [2.75, 3.05) is 32.8 Å². The third-order valence-corrected chi connectivity index (χ3v) is 6.28. The Morgan fingerprint density at radius 3 is 2.86 bits per heavy atom. The van der Waals surface area contributed by atoms with E-state index in [-0.39, 0.29) is 5.91 Å². The van der Waals surface area contributed by atoms with E-state index in [1.807, 2.05) is 17.2 Å². The average Bonchev–Trinajstić information content (AvgIpc) is 3.08. The molecule has 152 valence electrons. The van der Waals surface area contributed by atoms with Crippen molar-refractivity contribution in [1.29, 1.82) is 0 Å². The largest absolute Gasteiger partial charge is 0.378 e. The number of rotatable bonds is 5. The third kappa shape index (κ3) is 4.08. The molecule has 1 atom stereocenters. The lowest BCUT2D eigenvalue weighted by molar-refractivity contribution is -0.130. The summed E-state index contributed by atoms with van der Waals surface area (Å²) in [6, 6.07) is 4.10. The molecule has 0 saturated carbocycles. The van der Waals surface area contributed by atoms with E-state index in [0.717, 1.165) is 76.0 Å². The van der Waals surface area contributed by atoms with E-state index < -0.39 is 0 Å². The Kier molecular flexibility index (Phi) is 5.97. The number of carbonyl (C=O) groups excluding carboxylic acids is 1. The summed E-state index contributed by atoms with van der Waals surface area (Å²) in [7, 11) is 0. The molecule has 0 aliphatic carbocycles. The zero-order valence-corrected chi connectivity index (χ0v) is 17.1. The van der Waals surface area contributed by atoms with Gasteiger partial charge in [-0.2, -0.15) is 0 Å². The summed E-state index contributed by atoms with van der Waals surface area (Å²) in [4.78, 5) is 24.8. The van der Waals surface area contributed by atoms with Crippen molar-refractivity contribution in [2.24, 2.45) is 0 Å². The van der Waals surface area contributed by atoms with Gasteiger partial charge in [0, 0.05) is 69.6 Å². The van der Waals surface area contributed by atoms with Gasteiger partial charge in [-0.05, 0) is 44.7 Å². The smallest absolute Gasteiger partial charge is 0.219 e. The highest BCUT2D eigenvalue weighted by Crippen LogP contribution is 2.33. The van der Waals surface area contributed by atoms with Crippen LogP contribution in [0.2, 0.25) is 0 Å². The Hall–Kier alpha value is -1.92. The van der Waals surface area contributed by atoms with Crippen molar-refractivity contribution in [3.8, 4) is 0 Å². The van der Waals surface area contributed by atoms with E-state index in [9.17, 15) is 4.79 Å². The van der Waals surface area contributed by atoms with Gasteiger partial charge < -0.3 is 14.6 Å². The SMILES string of the molecule is CCOC1CCN(Cc2c([C@@H]3CCCN(C(C)=O)C3)[nH]c3cccnc23)CC1. The molecule has 1 N–H and O–H groups in total. The van der Waals surface area contributed by atoms with Crippen molar-refractivity contribution in [1.82, 2.24) is 19.8 Å². The first kappa shape index (κ1) is 19.4. The molecule has 2 aliphatic heterocycles. The van der Waals surface area contributed by atoms with Crippen molar-refractivity contribution >= 4 is 16.9 Å². The molecule has 0 bridgehead atoms. The molecule has 0 spiro atoms. The predicted molar refractivity (Wildman–Crippen MR) is 110 cm³/mol. The number of nitrogens with one attached hydrogen (secondary N) is 1. The van der Waals surface area contributed by atoms with Gasteiger partial charge in [0.2, 0.25) is 5.91 Å². The number of aromatic nitrogens is 2. The summed E-state index contributed by atoms with van der Waals surface area (Å²) >= 11 is 0. The number of pyridine rings is 1. The van der Waals surface area contributed by atoms with Crippen LogP contribution in [0.1, 0.15) is 56.7 Å². The Morgan fingerprint density at radius 2 is 2.11 bits per heavy atom. The molecule has 0 aromatic carbocycles. The Balaban J connectivity index is 1.57. The third-order valence-electron chi connectivity index (χ3n) is 6.28. The van der Waals surface area contributed by atoms with E-state index in [1.54, 1.807) is 6.92 Å². The second-order valence-electron chi connectivity index (χ2n) is 8.15. The van der Waals surface area contributed by atoms with Crippen molar-refractivity contribution in [3.63, 3.8) is 0 Å². The van der Waals surface area contributed by atoms with Crippen LogP contribution in [-0.2, 0) is 16.1 Å². The number of aromatic amines is 1. The molecule has 6 heteroatoms. The van der Waals surface area contributed by atoms with E-state index >= 15 is 0 Å². The molecule has 2 aromatic rings. The van der Waals surface area contributed by atoms with Crippen LogP contribution in [0.3, 0.4) is 0 Å². The van der Waals surface area contributed by atoms with Gasteiger partial charge in [-0.3, -0.25) is 14.7 Å².